The normalized spacial score (nSPS) is 10.6. The molecule has 0 N–H and O–H groups in total. The van der Waals surface area contributed by atoms with Crippen LogP contribution in [0.3, 0.4) is 0 Å². The number of hydrogen-bond donors (Lipinski definition) is 0. The van der Waals surface area contributed by atoms with Crippen LogP contribution in [0.2, 0.25) is 0 Å². The Balaban J connectivity index is 2.21. The molecule has 2 nitrogen and oxygen atoms in total. The summed E-state index contributed by atoms with van der Waals surface area (Å²) in [6, 6.07) is 19.8. The number of nitrogens with zero attached hydrogens (tertiary/aromatic N) is 1. The largest absolute Gasteiger partial charge is 0.618 e. The maximum atomic E-state index is 11.5. The summed E-state index contributed by atoms with van der Waals surface area (Å²) in [5, 5.41) is 12.5. The van der Waals surface area contributed by atoms with Crippen molar-refractivity contribution in [3.05, 3.63) is 72.1 Å². The van der Waals surface area contributed by atoms with E-state index in [9.17, 15) is 5.21 Å². The second-order valence-corrected chi connectivity index (χ2v) is 3.97. The van der Waals surface area contributed by atoms with Crippen LogP contribution >= 0.6 is 0 Å². The lowest BCUT2D eigenvalue weighted by atomic mass is 10.0. The summed E-state index contributed by atoms with van der Waals surface area (Å²) in [5.41, 5.74) is 2.99. The third-order valence-electron chi connectivity index (χ3n) is 2.87. The molecule has 0 radical (unpaired) electrons. The first kappa shape index (κ1) is 9.85. The molecule has 0 bridgehead atoms. The zero-order valence-electron chi connectivity index (χ0n) is 9.21. The average Bonchev–Trinajstić information content (AvgIpc) is 2.40. The van der Waals surface area contributed by atoms with E-state index in [0.29, 0.717) is 5.52 Å². The highest BCUT2D eigenvalue weighted by Gasteiger charge is 2.04. The van der Waals surface area contributed by atoms with Gasteiger partial charge in [0.1, 0.15) is 0 Å². The van der Waals surface area contributed by atoms with Crippen LogP contribution in [0.5, 0.6) is 0 Å². The Morgan fingerprint density at radius 2 is 1.59 bits per heavy atom. The molecule has 0 aliphatic carbocycles. The Bertz CT molecular complexity index is 662. The van der Waals surface area contributed by atoms with Crippen molar-refractivity contribution >= 4 is 10.9 Å². The molecule has 0 saturated heterocycles. The molecule has 0 atom stereocenters. The fraction of sp³-hybridized carbons (Fsp3) is 0. The first-order valence-corrected chi connectivity index (χ1v) is 5.52. The van der Waals surface area contributed by atoms with Gasteiger partial charge in [-0.3, -0.25) is 0 Å². The van der Waals surface area contributed by atoms with E-state index in [1.54, 1.807) is 6.07 Å². The van der Waals surface area contributed by atoms with Gasteiger partial charge in [-0.1, -0.05) is 30.3 Å². The van der Waals surface area contributed by atoms with Gasteiger partial charge < -0.3 is 5.21 Å². The molecule has 0 unspecified atom stereocenters. The molecule has 3 rings (SSSR count). The summed E-state index contributed by atoms with van der Waals surface area (Å²) in [6.45, 7) is 0. The lowest BCUT2D eigenvalue weighted by Crippen LogP contribution is -2.25. The molecule has 17 heavy (non-hydrogen) atoms. The fourth-order valence-electron chi connectivity index (χ4n) is 2.00. The summed E-state index contributed by atoms with van der Waals surface area (Å²) in [4.78, 5) is 0. The van der Waals surface area contributed by atoms with Crippen LogP contribution < -0.4 is 4.73 Å². The summed E-state index contributed by atoms with van der Waals surface area (Å²) in [5.74, 6) is 0. The van der Waals surface area contributed by atoms with Gasteiger partial charge in [0.25, 0.3) is 0 Å². The van der Waals surface area contributed by atoms with Crippen LogP contribution in [0.4, 0.5) is 0 Å². The van der Waals surface area contributed by atoms with Gasteiger partial charge in [0.05, 0.1) is 0 Å². The minimum atomic E-state index is 0.701. The topological polar surface area (TPSA) is 26.9 Å². The van der Waals surface area contributed by atoms with Crippen molar-refractivity contribution in [2.75, 3.05) is 0 Å². The molecule has 1 heterocycles. The number of fused-ring (bicyclic) bond motifs is 1. The Kier molecular flexibility index (Phi) is 2.26. The number of benzene rings is 2. The molecule has 0 aliphatic rings. The van der Waals surface area contributed by atoms with Crippen LogP contribution in [0.25, 0.3) is 22.0 Å². The van der Waals surface area contributed by atoms with E-state index in [2.05, 4.69) is 12.1 Å². The first-order chi connectivity index (χ1) is 8.34. The smallest absolute Gasteiger partial charge is 0.223 e. The lowest BCUT2D eigenvalue weighted by molar-refractivity contribution is -0.577. The summed E-state index contributed by atoms with van der Waals surface area (Å²) in [6.07, 6.45) is 1.52. The van der Waals surface area contributed by atoms with E-state index in [1.807, 2.05) is 42.5 Å². The van der Waals surface area contributed by atoms with E-state index in [-0.39, 0.29) is 0 Å². The third-order valence-corrected chi connectivity index (χ3v) is 2.87. The highest BCUT2D eigenvalue weighted by atomic mass is 16.5. The minimum absolute atomic E-state index is 0.701. The molecule has 0 aliphatic heterocycles. The van der Waals surface area contributed by atoms with Gasteiger partial charge in [-0.2, -0.15) is 4.73 Å². The van der Waals surface area contributed by atoms with E-state index in [0.717, 1.165) is 21.2 Å². The number of hydrogen-bond acceptors (Lipinski definition) is 1. The zero-order valence-corrected chi connectivity index (χ0v) is 9.21. The molecular weight excluding hydrogens is 210 g/mol. The van der Waals surface area contributed by atoms with Gasteiger partial charge in [-0.05, 0) is 29.3 Å². The minimum Gasteiger partial charge on any atom is -0.618 e. The molecule has 3 aromatic rings. The van der Waals surface area contributed by atoms with Crippen LogP contribution in [0.15, 0.2) is 66.9 Å². The molecule has 82 valence electrons. The second kappa shape index (κ2) is 3.91. The lowest BCUT2D eigenvalue weighted by Gasteiger charge is -2.04. The molecular formula is C15H11NO. The first-order valence-electron chi connectivity index (χ1n) is 5.52. The highest BCUT2D eigenvalue weighted by Crippen LogP contribution is 2.22. The van der Waals surface area contributed by atoms with Gasteiger partial charge in [0.15, 0.2) is 6.20 Å². The molecule has 0 saturated carbocycles. The van der Waals surface area contributed by atoms with Crippen LogP contribution in [0.1, 0.15) is 0 Å². The Hall–Kier alpha value is -2.35. The maximum absolute atomic E-state index is 11.5. The van der Waals surface area contributed by atoms with Crippen molar-refractivity contribution in [3.8, 4) is 11.1 Å². The number of rotatable bonds is 1. The molecule has 0 amide bonds. The van der Waals surface area contributed by atoms with Gasteiger partial charge in [-0.15, -0.1) is 0 Å². The van der Waals surface area contributed by atoms with Crippen LogP contribution in [-0.2, 0) is 0 Å². The SMILES string of the molecule is [O-][n+]1cccc2cc(-c3ccccc3)ccc21. The second-order valence-electron chi connectivity index (χ2n) is 3.97. The Morgan fingerprint density at radius 3 is 2.41 bits per heavy atom. The predicted octanol–water partition coefficient (Wildman–Crippen LogP) is 3.14. The van der Waals surface area contributed by atoms with Crippen molar-refractivity contribution in [1.82, 2.24) is 0 Å². The highest BCUT2D eigenvalue weighted by molar-refractivity contribution is 5.82. The van der Waals surface area contributed by atoms with Crippen LogP contribution in [0, 0.1) is 5.21 Å². The van der Waals surface area contributed by atoms with Crippen molar-refractivity contribution in [2.24, 2.45) is 0 Å². The summed E-state index contributed by atoms with van der Waals surface area (Å²) >= 11 is 0. The van der Waals surface area contributed by atoms with E-state index >= 15 is 0 Å². The molecule has 0 fully saturated rings. The molecule has 2 heteroatoms. The van der Waals surface area contributed by atoms with E-state index < -0.39 is 0 Å². The summed E-state index contributed by atoms with van der Waals surface area (Å²) in [7, 11) is 0. The zero-order chi connectivity index (χ0) is 11.7. The maximum Gasteiger partial charge on any atom is 0.223 e. The predicted molar refractivity (Wildman–Crippen MR) is 68.3 cm³/mol. The summed E-state index contributed by atoms with van der Waals surface area (Å²) < 4.78 is 0.893. The van der Waals surface area contributed by atoms with Gasteiger partial charge >= 0.3 is 0 Å². The molecule has 1 aromatic heterocycles. The van der Waals surface area contributed by atoms with E-state index in [1.165, 1.54) is 6.20 Å². The Labute approximate surface area is 99.3 Å². The van der Waals surface area contributed by atoms with Crippen molar-refractivity contribution in [2.45, 2.75) is 0 Å². The fourth-order valence-corrected chi connectivity index (χ4v) is 2.00. The molecule has 2 aromatic carbocycles. The van der Waals surface area contributed by atoms with Crippen molar-refractivity contribution < 1.29 is 4.73 Å². The Morgan fingerprint density at radius 1 is 0.765 bits per heavy atom. The number of aromatic nitrogens is 1. The monoisotopic (exact) mass is 221 g/mol. The standard InChI is InChI=1S/C15H11NO/c17-16-10-4-7-14-11-13(8-9-15(14)16)12-5-2-1-3-6-12/h1-11H. The molecule has 0 spiro atoms. The van der Waals surface area contributed by atoms with Gasteiger partial charge in [0.2, 0.25) is 5.52 Å². The van der Waals surface area contributed by atoms with Gasteiger partial charge in [0, 0.05) is 17.5 Å². The van der Waals surface area contributed by atoms with Gasteiger partial charge in [-0.25, -0.2) is 0 Å². The third kappa shape index (κ3) is 1.74. The van der Waals surface area contributed by atoms with Crippen LogP contribution in [-0.4, -0.2) is 0 Å². The van der Waals surface area contributed by atoms with Crippen molar-refractivity contribution in [1.29, 1.82) is 0 Å². The van der Waals surface area contributed by atoms with Crippen molar-refractivity contribution in [3.63, 3.8) is 0 Å². The number of pyridine rings is 1. The average molecular weight is 221 g/mol. The van der Waals surface area contributed by atoms with E-state index in [4.69, 9.17) is 0 Å². The quantitative estimate of drug-likeness (QED) is 0.458.